The fourth-order valence-electron chi connectivity index (χ4n) is 3.17. The second kappa shape index (κ2) is 8.90. The molecule has 5 nitrogen and oxygen atoms in total. The van der Waals surface area contributed by atoms with Gasteiger partial charge in [0.15, 0.2) is 11.6 Å². The van der Waals surface area contributed by atoms with Crippen LogP contribution in [0, 0.1) is 26.6 Å². The molecule has 0 saturated carbocycles. The summed E-state index contributed by atoms with van der Waals surface area (Å²) in [6.45, 7) is 6.96. The molecule has 0 radical (unpaired) electrons. The molecule has 3 aromatic rings. The Hall–Kier alpha value is -3.15. The van der Waals surface area contributed by atoms with Crippen molar-refractivity contribution >= 4 is 5.91 Å². The zero-order valence-corrected chi connectivity index (χ0v) is 17.3. The highest BCUT2D eigenvalue weighted by molar-refractivity contribution is 5.96. The molecule has 0 saturated heterocycles. The summed E-state index contributed by atoms with van der Waals surface area (Å²) < 4.78 is 20.9. The van der Waals surface area contributed by atoms with Gasteiger partial charge in [0.1, 0.15) is 6.61 Å². The van der Waals surface area contributed by atoms with Gasteiger partial charge in [-0.2, -0.15) is 5.10 Å². The van der Waals surface area contributed by atoms with E-state index in [9.17, 15) is 9.18 Å². The van der Waals surface area contributed by atoms with Crippen molar-refractivity contribution in [2.24, 2.45) is 0 Å². The Labute approximate surface area is 170 Å². The number of carbonyl (C=O) groups excluding carboxylic acids is 1. The van der Waals surface area contributed by atoms with Gasteiger partial charge in [0.05, 0.1) is 24.3 Å². The van der Waals surface area contributed by atoms with E-state index in [0.29, 0.717) is 24.3 Å². The zero-order chi connectivity index (χ0) is 21.0. The Morgan fingerprint density at radius 3 is 2.48 bits per heavy atom. The Balaban J connectivity index is 1.66. The van der Waals surface area contributed by atoms with Gasteiger partial charge in [-0.25, -0.2) is 4.39 Å². The first-order valence-electron chi connectivity index (χ1n) is 9.59. The summed E-state index contributed by atoms with van der Waals surface area (Å²) in [5.74, 6) is -0.343. The van der Waals surface area contributed by atoms with Crippen LogP contribution in [0.2, 0.25) is 0 Å². The summed E-state index contributed by atoms with van der Waals surface area (Å²) in [6, 6.07) is 14.5. The minimum atomic E-state index is -0.412. The molecule has 6 heteroatoms. The molecule has 0 bridgehead atoms. The molecule has 1 heterocycles. The van der Waals surface area contributed by atoms with Gasteiger partial charge in [-0.3, -0.25) is 9.48 Å². The van der Waals surface area contributed by atoms with Gasteiger partial charge in [0.2, 0.25) is 0 Å². The Bertz CT molecular complexity index is 996. The fraction of sp³-hybridized carbons (Fsp3) is 0.304. The van der Waals surface area contributed by atoms with Crippen LogP contribution < -0.4 is 4.74 Å². The van der Waals surface area contributed by atoms with E-state index in [0.717, 1.165) is 11.3 Å². The lowest BCUT2D eigenvalue weighted by molar-refractivity contribution is 0.0771. The second-order valence-corrected chi connectivity index (χ2v) is 7.19. The Kier molecular flexibility index (Phi) is 6.32. The van der Waals surface area contributed by atoms with Crippen LogP contribution in [0.5, 0.6) is 5.75 Å². The highest BCUT2D eigenvalue weighted by Gasteiger charge is 2.22. The van der Waals surface area contributed by atoms with Gasteiger partial charge < -0.3 is 9.64 Å². The van der Waals surface area contributed by atoms with Crippen LogP contribution >= 0.6 is 0 Å². The minimum Gasteiger partial charge on any atom is -0.489 e. The molecule has 0 N–H and O–H groups in total. The van der Waals surface area contributed by atoms with E-state index in [-0.39, 0.29) is 18.3 Å². The largest absolute Gasteiger partial charge is 0.489 e. The maximum absolute atomic E-state index is 13.6. The van der Waals surface area contributed by atoms with E-state index < -0.39 is 5.82 Å². The molecule has 152 valence electrons. The van der Waals surface area contributed by atoms with Crippen molar-refractivity contribution in [3.05, 3.63) is 82.4 Å². The van der Waals surface area contributed by atoms with E-state index in [1.807, 2.05) is 18.5 Å². The number of aromatic nitrogens is 2. The molecule has 0 aliphatic rings. The molecule has 1 aromatic heterocycles. The first-order valence-corrected chi connectivity index (χ1v) is 9.59. The molecule has 29 heavy (non-hydrogen) atoms. The molecule has 0 atom stereocenters. The number of nitrogens with zero attached hydrogens (tertiary/aromatic N) is 3. The van der Waals surface area contributed by atoms with Crippen molar-refractivity contribution in [2.45, 2.75) is 27.3 Å². The van der Waals surface area contributed by atoms with Crippen LogP contribution in [0.25, 0.3) is 0 Å². The van der Waals surface area contributed by atoms with Gasteiger partial charge in [0, 0.05) is 12.7 Å². The number of likely N-dealkylation sites (N-methyl/N-ethyl adjacent to an activating group) is 1. The third-order valence-electron chi connectivity index (χ3n) is 4.92. The molecule has 0 fully saturated rings. The number of benzene rings is 2. The van der Waals surface area contributed by atoms with Crippen LogP contribution in [-0.2, 0) is 6.54 Å². The number of ether oxygens (including phenoxy) is 1. The smallest absolute Gasteiger partial charge is 0.257 e. The SMILES string of the molecule is Cc1ccc(Cn2nc(C)c(C(=O)N(C)CCOc3ccccc3F)c2C)cc1. The lowest BCUT2D eigenvalue weighted by Gasteiger charge is -2.18. The molecule has 0 spiro atoms. The van der Waals surface area contributed by atoms with Crippen molar-refractivity contribution < 1.29 is 13.9 Å². The standard InChI is InChI=1S/C23H26FN3O2/c1-16-9-11-19(12-10-16)15-27-18(3)22(17(2)25-27)23(28)26(4)13-14-29-21-8-6-5-7-20(21)24/h5-12H,13-15H2,1-4H3. The number of hydrogen-bond acceptors (Lipinski definition) is 3. The average molecular weight is 395 g/mol. The number of aryl methyl sites for hydroxylation is 2. The van der Waals surface area contributed by atoms with Crippen LogP contribution in [0.1, 0.15) is 32.9 Å². The quantitative estimate of drug-likeness (QED) is 0.604. The summed E-state index contributed by atoms with van der Waals surface area (Å²) in [6.07, 6.45) is 0. The van der Waals surface area contributed by atoms with Gasteiger partial charge in [-0.15, -0.1) is 0 Å². The normalized spacial score (nSPS) is 10.8. The van der Waals surface area contributed by atoms with Crippen LogP contribution in [-0.4, -0.2) is 40.8 Å². The molecule has 0 unspecified atom stereocenters. The topological polar surface area (TPSA) is 47.4 Å². The lowest BCUT2D eigenvalue weighted by atomic mass is 10.1. The Morgan fingerprint density at radius 2 is 1.79 bits per heavy atom. The van der Waals surface area contributed by atoms with Crippen molar-refractivity contribution in [2.75, 3.05) is 20.2 Å². The van der Waals surface area contributed by atoms with Gasteiger partial charge in [-0.05, 0) is 38.5 Å². The van der Waals surface area contributed by atoms with E-state index in [1.165, 1.54) is 11.6 Å². The van der Waals surface area contributed by atoms with E-state index in [4.69, 9.17) is 4.74 Å². The number of carbonyl (C=O) groups is 1. The molecule has 1 amide bonds. The molecular weight excluding hydrogens is 369 g/mol. The summed E-state index contributed by atoms with van der Waals surface area (Å²) in [5, 5.41) is 4.56. The van der Waals surface area contributed by atoms with E-state index in [2.05, 4.69) is 36.3 Å². The third kappa shape index (κ3) is 4.83. The predicted octanol–water partition coefficient (Wildman–Crippen LogP) is 4.15. The maximum atomic E-state index is 13.6. The highest BCUT2D eigenvalue weighted by Crippen LogP contribution is 2.18. The summed E-state index contributed by atoms with van der Waals surface area (Å²) >= 11 is 0. The van der Waals surface area contributed by atoms with Crippen LogP contribution in [0.3, 0.4) is 0 Å². The van der Waals surface area contributed by atoms with Crippen molar-refractivity contribution in [1.82, 2.24) is 14.7 Å². The predicted molar refractivity (Wildman–Crippen MR) is 111 cm³/mol. The second-order valence-electron chi connectivity index (χ2n) is 7.19. The number of hydrogen-bond donors (Lipinski definition) is 0. The summed E-state index contributed by atoms with van der Waals surface area (Å²) in [4.78, 5) is 14.5. The van der Waals surface area contributed by atoms with Gasteiger partial charge >= 0.3 is 0 Å². The highest BCUT2D eigenvalue weighted by atomic mass is 19.1. The van der Waals surface area contributed by atoms with E-state index >= 15 is 0 Å². The van der Waals surface area contributed by atoms with Gasteiger partial charge in [-0.1, -0.05) is 42.0 Å². The average Bonchev–Trinajstić information content (AvgIpc) is 2.97. The van der Waals surface area contributed by atoms with E-state index in [1.54, 1.807) is 30.1 Å². The monoisotopic (exact) mass is 395 g/mol. The summed E-state index contributed by atoms with van der Waals surface area (Å²) in [7, 11) is 1.71. The lowest BCUT2D eigenvalue weighted by Crippen LogP contribution is -2.31. The third-order valence-corrected chi connectivity index (χ3v) is 4.92. The summed E-state index contributed by atoms with van der Waals surface area (Å²) in [5.41, 5.74) is 4.46. The van der Waals surface area contributed by atoms with Crippen LogP contribution in [0.15, 0.2) is 48.5 Å². The molecule has 0 aliphatic carbocycles. The zero-order valence-electron chi connectivity index (χ0n) is 17.3. The van der Waals surface area contributed by atoms with Crippen LogP contribution in [0.4, 0.5) is 4.39 Å². The molecule has 2 aromatic carbocycles. The number of amides is 1. The van der Waals surface area contributed by atoms with Gasteiger partial charge in [0.25, 0.3) is 5.91 Å². The first-order chi connectivity index (χ1) is 13.9. The molecular formula is C23H26FN3O2. The molecule has 0 aliphatic heterocycles. The van der Waals surface area contributed by atoms with Crippen molar-refractivity contribution in [3.8, 4) is 5.75 Å². The first kappa shape index (κ1) is 20.6. The number of para-hydroxylation sites is 1. The number of rotatable bonds is 7. The molecule has 3 rings (SSSR count). The minimum absolute atomic E-state index is 0.118. The van der Waals surface area contributed by atoms with Crippen molar-refractivity contribution in [1.29, 1.82) is 0 Å². The maximum Gasteiger partial charge on any atom is 0.257 e. The fourth-order valence-corrected chi connectivity index (χ4v) is 3.17. The Morgan fingerprint density at radius 1 is 1.10 bits per heavy atom. The van der Waals surface area contributed by atoms with Crippen molar-refractivity contribution in [3.63, 3.8) is 0 Å². The number of halogens is 1.